The Bertz CT molecular complexity index is 1110. The van der Waals surface area contributed by atoms with Crippen molar-refractivity contribution in [3.8, 4) is 5.75 Å². The van der Waals surface area contributed by atoms with E-state index in [9.17, 15) is 13.2 Å². The molecule has 2 aromatic carbocycles. The molecule has 2 aromatic rings. The van der Waals surface area contributed by atoms with Crippen molar-refractivity contribution in [3.63, 3.8) is 0 Å². The number of fused-ring (bicyclic) bond motifs is 2. The van der Waals surface area contributed by atoms with Gasteiger partial charge in [0.2, 0.25) is 15.9 Å². The summed E-state index contributed by atoms with van der Waals surface area (Å²) in [6, 6.07) is 14.7. The Labute approximate surface area is 177 Å². The number of carbonyl (C=O) groups is 1. The van der Waals surface area contributed by atoms with Gasteiger partial charge in [-0.2, -0.15) is 4.31 Å². The van der Waals surface area contributed by atoms with E-state index in [1.54, 1.807) is 23.5 Å². The van der Waals surface area contributed by atoms with Crippen molar-refractivity contribution in [2.75, 3.05) is 20.2 Å². The average Bonchev–Trinajstić information content (AvgIpc) is 3.31. The zero-order valence-electron chi connectivity index (χ0n) is 17.3. The maximum absolute atomic E-state index is 13.6. The summed E-state index contributed by atoms with van der Waals surface area (Å²) in [5, 5.41) is 0. The van der Waals surface area contributed by atoms with Gasteiger partial charge in [-0.1, -0.05) is 37.3 Å². The first-order chi connectivity index (χ1) is 14.3. The molecule has 0 radical (unpaired) electrons. The van der Waals surface area contributed by atoms with Crippen molar-refractivity contribution in [1.29, 1.82) is 0 Å². The minimum absolute atomic E-state index is 0.158. The lowest BCUT2D eigenvalue weighted by molar-refractivity contribution is -0.135. The number of likely N-dealkylation sites (tertiary alicyclic amines) is 1. The molecule has 7 heteroatoms. The molecule has 0 bridgehead atoms. The van der Waals surface area contributed by atoms with E-state index in [4.69, 9.17) is 4.74 Å². The largest absolute Gasteiger partial charge is 0.497 e. The van der Waals surface area contributed by atoms with Gasteiger partial charge in [-0.05, 0) is 48.6 Å². The van der Waals surface area contributed by atoms with Crippen LogP contribution >= 0.6 is 0 Å². The highest BCUT2D eigenvalue weighted by Crippen LogP contribution is 2.52. The summed E-state index contributed by atoms with van der Waals surface area (Å²) >= 11 is 0. The van der Waals surface area contributed by atoms with Crippen LogP contribution in [0.5, 0.6) is 5.75 Å². The normalized spacial score (nSPS) is 26.0. The number of hydrogen-bond donors (Lipinski definition) is 0. The predicted molar refractivity (Wildman–Crippen MR) is 112 cm³/mol. The molecule has 1 atom stereocenters. The molecular formula is C23H26N2O4S. The van der Waals surface area contributed by atoms with Crippen LogP contribution in [-0.2, 0) is 26.9 Å². The Morgan fingerprint density at radius 3 is 2.43 bits per heavy atom. The van der Waals surface area contributed by atoms with E-state index in [1.165, 1.54) is 0 Å². The Morgan fingerprint density at radius 1 is 1.07 bits per heavy atom. The zero-order valence-corrected chi connectivity index (χ0v) is 18.1. The number of carbonyl (C=O) groups excluding carboxylic acids is 1. The lowest BCUT2D eigenvalue weighted by atomic mass is 9.88. The van der Waals surface area contributed by atoms with Gasteiger partial charge in [-0.25, -0.2) is 8.42 Å². The van der Waals surface area contributed by atoms with Crippen molar-refractivity contribution in [2.45, 2.75) is 43.2 Å². The number of rotatable bonds is 4. The van der Waals surface area contributed by atoms with Gasteiger partial charge in [0, 0.05) is 25.0 Å². The van der Waals surface area contributed by atoms with Crippen LogP contribution in [0.3, 0.4) is 0 Å². The molecule has 0 aromatic heterocycles. The maximum atomic E-state index is 13.6. The first-order valence-electron chi connectivity index (χ1n) is 10.3. The summed E-state index contributed by atoms with van der Waals surface area (Å²) in [5.41, 5.74) is 0.736. The highest BCUT2D eigenvalue weighted by atomic mass is 32.2. The highest BCUT2D eigenvalue weighted by molar-refractivity contribution is 7.89. The number of amides is 1. The van der Waals surface area contributed by atoms with Crippen LogP contribution in [0.2, 0.25) is 0 Å². The smallest absolute Gasteiger partial charge is 0.244 e. The average molecular weight is 427 g/mol. The molecular weight excluding hydrogens is 400 g/mol. The Morgan fingerprint density at radius 2 is 1.77 bits per heavy atom. The summed E-state index contributed by atoms with van der Waals surface area (Å²) in [5.74, 6) is 0.891. The van der Waals surface area contributed by atoms with E-state index >= 15 is 0 Å². The number of benzene rings is 2. The van der Waals surface area contributed by atoms with Gasteiger partial charge >= 0.3 is 0 Å². The molecule has 3 aliphatic rings. The lowest BCUT2D eigenvalue weighted by Crippen LogP contribution is -2.46. The number of methoxy groups -OCH3 is 1. The monoisotopic (exact) mass is 426 g/mol. The molecule has 1 amide bonds. The van der Waals surface area contributed by atoms with Gasteiger partial charge in [0.1, 0.15) is 5.75 Å². The van der Waals surface area contributed by atoms with Crippen LogP contribution in [0.4, 0.5) is 0 Å². The third kappa shape index (κ3) is 2.79. The molecule has 6 nitrogen and oxygen atoms in total. The molecule has 2 aliphatic heterocycles. The van der Waals surface area contributed by atoms with Gasteiger partial charge in [0.05, 0.1) is 17.5 Å². The molecule has 1 spiro atoms. The van der Waals surface area contributed by atoms with E-state index in [2.05, 4.69) is 0 Å². The quantitative estimate of drug-likeness (QED) is 0.753. The van der Waals surface area contributed by atoms with Crippen LogP contribution < -0.4 is 4.74 Å². The fourth-order valence-corrected chi connectivity index (χ4v) is 6.92. The number of nitrogens with zero attached hydrogens (tertiary/aromatic N) is 2. The first kappa shape index (κ1) is 19.6. The Kier molecular flexibility index (Phi) is 4.28. The summed E-state index contributed by atoms with van der Waals surface area (Å²) in [7, 11) is -2.05. The van der Waals surface area contributed by atoms with E-state index in [-0.39, 0.29) is 17.9 Å². The van der Waals surface area contributed by atoms with Crippen molar-refractivity contribution < 1.29 is 17.9 Å². The molecule has 30 heavy (non-hydrogen) atoms. The summed E-state index contributed by atoms with van der Waals surface area (Å²) < 4.78 is 34.0. The van der Waals surface area contributed by atoms with Gasteiger partial charge < -0.3 is 9.64 Å². The molecule has 0 N–H and O–H groups in total. The van der Waals surface area contributed by atoms with Crippen molar-refractivity contribution in [2.24, 2.45) is 5.41 Å². The predicted octanol–water partition coefficient (Wildman–Crippen LogP) is 3.13. The van der Waals surface area contributed by atoms with Crippen molar-refractivity contribution in [1.82, 2.24) is 9.21 Å². The van der Waals surface area contributed by atoms with Crippen LogP contribution in [0.25, 0.3) is 0 Å². The minimum atomic E-state index is -3.66. The zero-order chi connectivity index (χ0) is 21.1. The Balaban J connectivity index is 1.55. The van der Waals surface area contributed by atoms with E-state index in [0.717, 1.165) is 29.7 Å². The van der Waals surface area contributed by atoms with E-state index in [1.807, 2.05) is 48.2 Å². The van der Waals surface area contributed by atoms with Crippen LogP contribution in [0.15, 0.2) is 53.4 Å². The fraction of sp³-hybridized carbons (Fsp3) is 0.435. The van der Waals surface area contributed by atoms with Gasteiger partial charge in [0.25, 0.3) is 0 Å². The van der Waals surface area contributed by atoms with Crippen LogP contribution in [0.1, 0.15) is 37.3 Å². The third-order valence-corrected chi connectivity index (χ3v) is 8.94. The SMILES string of the molecule is COc1ccc(CN2C3(CCN(C(=O)C4(C)CC4)C3)c3ccccc3S2(=O)=O)cc1. The van der Waals surface area contributed by atoms with Crippen molar-refractivity contribution >= 4 is 15.9 Å². The molecule has 158 valence electrons. The van der Waals surface area contributed by atoms with Crippen LogP contribution in [-0.4, -0.2) is 43.7 Å². The number of ether oxygens (including phenoxy) is 1. The molecule has 2 fully saturated rings. The summed E-state index contributed by atoms with van der Waals surface area (Å²) in [6.07, 6.45) is 2.45. The standard InChI is InChI=1S/C23H26N2O4S/c1-22(11-12-22)21(26)24-14-13-23(16-24)19-5-3-4-6-20(19)30(27,28)25(23)15-17-7-9-18(29-2)10-8-17/h3-10H,11-16H2,1-2H3. The summed E-state index contributed by atoms with van der Waals surface area (Å²) in [6.45, 7) is 3.26. The minimum Gasteiger partial charge on any atom is -0.497 e. The van der Waals surface area contributed by atoms with Gasteiger partial charge in [0.15, 0.2) is 0 Å². The van der Waals surface area contributed by atoms with Gasteiger partial charge in [-0.15, -0.1) is 0 Å². The molecule has 1 unspecified atom stereocenters. The summed E-state index contributed by atoms with van der Waals surface area (Å²) in [4.78, 5) is 15.3. The topological polar surface area (TPSA) is 66.9 Å². The third-order valence-electron chi connectivity index (χ3n) is 6.97. The van der Waals surface area contributed by atoms with Gasteiger partial charge in [-0.3, -0.25) is 4.79 Å². The van der Waals surface area contributed by atoms with E-state index in [0.29, 0.717) is 24.4 Å². The van der Waals surface area contributed by atoms with E-state index < -0.39 is 15.6 Å². The molecule has 5 rings (SSSR count). The second-order valence-electron chi connectivity index (χ2n) is 8.92. The lowest BCUT2D eigenvalue weighted by Gasteiger charge is -2.34. The molecule has 2 heterocycles. The fourth-order valence-electron chi connectivity index (χ4n) is 4.87. The second kappa shape index (κ2) is 6.56. The molecule has 1 saturated heterocycles. The number of sulfonamides is 1. The first-order valence-corrected chi connectivity index (χ1v) is 11.8. The number of hydrogen-bond acceptors (Lipinski definition) is 4. The second-order valence-corrected chi connectivity index (χ2v) is 10.8. The molecule has 1 saturated carbocycles. The maximum Gasteiger partial charge on any atom is 0.244 e. The van der Waals surface area contributed by atoms with Crippen LogP contribution in [0, 0.1) is 5.41 Å². The highest BCUT2D eigenvalue weighted by Gasteiger charge is 2.59. The Hall–Kier alpha value is -2.38. The van der Waals surface area contributed by atoms with Crippen molar-refractivity contribution in [3.05, 3.63) is 59.7 Å². The molecule has 1 aliphatic carbocycles.